The second kappa shape index (κ2) is 3.04. The van der Waals surface area contributed by atoms with E-state index in [0.29, 0.717) is 27.0 Å². The molecule has 1 aromatic carbocycles. The highest BCUT2D eigenvalue weighted by Crippen LogP contribution is 2.32. The monoisotopic (exact) mass is 213 g/mol. The van der Waals surface area contributed by atoms with Crippen molar-refractivity contribution in [2.45, 2.75) is 6.54 Å². The summed E-state index contributed by atoms with van der Waals surface area (Å²) >= 11 is 5.76. The number of nitrogens with zero attached hydrogens (tertiary/aromatic N) is 2. The van der Waals surface area contributed by atoms with E-state index in [1.807, 2.05) is 0 Å². The van der Waals surface area contributed by atoms with Crippen LogP contribution in [0.3, 0.4) is 0 Å². The molecule has 0 amide bonds. The van der Waals surface area contributed by atoms with Crippen molar-refractivity contribution in [1.29, 1.82) is 0 Å². The van der Waals surface area contributed by atoms with Crippen molar-refractivity contribution in [3.8, 4) is 0 Å². The van der Waals surface area contributed by atoms with Gasteiger partial charge in [-0.3, -0.25) is 5.21 Å². The number of aliphatic hydroxyl groups is 1. The molecule has 14 heavy (non-hydrogen) atoms. The van der Waals surface area contributed by atoms with Gasteiger partial charge in [-0.2, -0.15) is 4.99 Å². The molecular weight excluding hydrogens is 206 g/mol. The summed E-state index contributed by atoms with van der Waals surface area (Å²) in [6, 6.07) is 2.70. The minimum atomic E-state index is -0.459. The molecule has 6 heteroatoms. The zero-order valence-electron chi connectivity index (χ0n) is 7.11. The Balaban J connectivity index is 2.59. The Bertz CT molecular complexity index is 419. The SMILES string of the molecule is Nc1cc(Cl)cc2c1CN(O)C(O)=N2. The van der Waals surface area contributed by atoms with Crippen LogP contribution < -0.4 is 5.73 Å². The molecule has 1 aromatic rings. The minimum absolute atomic E-state index is 0.105. The lowest BCUT2D eigenvalue weighted by atomic mass is 10.1. The Hall–Kier alpha value is -1.46. The van der Waals surface area contributed by atoms with Gasteiger partial charge in [0, 0.05) is 16.3 Å². The lowest BCUT2D eigenvalue weighted by Gasteiger charge is -2.21. The van der Waals surface area contributed by atoms with E-state index in [9.17, 15) is 5.21 Å². The van der Waals surface area contributed by atoms with Gasteiger partial charge < -0.3 is 10.8 Å². The number of benzene rings is 1. The first-order valence-electron chi connectivity index (χ1n) is 3.90. The summed E-state index contributed by atoms with van der Waals surface area (Å²) in [6.45, 7) is 0.105. The summed E-state index contributed by atoms with van der Waals surface area (Å²) in [5, 5.41) is 19.4. The third-order valence-corrected chi connectivity index (χ3v) is 2.20. The van der Waals surface area contributed by atoms with Gasteiger partial charge in [0.1, 0.15) is 0 Å². The number of hydrogen-bond donors (Lipinski definition) is 3. The van der Waals surface area contributed by atoms with Gasteiger partial charge in [0.2, 0.25) is 0 Å². The van der Waals surface area contributed by atoms with Crippen molar-refractivity contribution in [3.63, 3.8) is 0 Å². The maximum absolute atomic E-state index is 9.18. The molecule has 0 aromatic heterocycles. The molecule has 2 rings (SSSR count). The van der Waals surface area contributed by atoms with Crippen LogP contribution in [0.4, 0.5) is 11.4 Å². The highest BCUT2D eigenvalue weighted by atomic mass is 35.5. The first kappa shape index (κ1) is 9.11. The fourth-order valence-corrected chi connectivity index (χ4v) is 1.52. The van der Waals surface area contributed by atoms with Crippen LogP contribution in [0.1, 0.15) is 5.56 Å². The molecule has 0 aliphatic carbocycles. The Labute approximate surface area is 85.0 Å². The molecule has 5 nitrogen and oxygen atoms in total. The van der Waals surface area contributed by atoms with Crippen LogP contribution in [0, 0.1) is 0 Å². The summed E-state index contributed by atoms with van der Waals surface area (Å²) in [7, 11) is 0. The molecule has 0 fully saturated rings. The Kier molecular flexibility index (Phi) is 1.98. The number of fused-ring (bicyclic) bond motifs is 1. The Morgan fingerprint density at radius 3 is 2.93 bits per heavy atom. The molecule has 1 aliphatic heterocycles. The number of aliphatic imine (C=N–C) groups is 1. The highest BCUT2D eigenvalue weighted by molar-refractivity contribution is 6.31. The van der Waals surface area contributed by atoms with Crippen LogP contribution in [0.2, 0.25) is 5.02 Å². The number of nitrogens with two attached hydrogens (primary N) is 1. The van der Waals surface area contributed by atoms with E-state index in [4.69, 9.17) is 22.4 Å². The maximum atomic E-state index is 9.18. The molecule has 74 valence electrons. The number of amidine groups is 1. The molecule has 4 N–H and O–H groups in total. The van der Waals surface area contributed by atoms with Crippen LogP contribution >= 0.6 is 11.6 Å². The van der Waals surface area contributed by atoms with E-state index in [0.717, 1.165) is 0 Å². The summed E-state index contributed by atoms with van der Waals surface area (Å²) in [5.41, 5.74) is 7.26. The van der Waals surface area contributed by atoms with Crippen molar-refractivity contribution in [3.05, 3.63) is 22.7 Å². The van der Waals surface area contributed by atoms with Gasteiger partial charge in [0.25, 0.3) is 0 Å². The summed E-state index contributed by atoms with van der Waals surface area (Å²) in [6.07, 6.45) is 0. The number of hydroxylamine groups is 2. The zero-order chi connectivity index (χ0) is 10.3. The van der Waals surface area contributed by atoms with E-state index < -0.39 is 6.02 Å². The number of hydrogen-bond acceptors (Lipinski definition) is 4. The molecule has 0 saturated heterocycles. The summed E-state index contributed by atoms with van der Waals surface area (Å²) < 4.78 is 0. The molecule has 0 bridgehead atoms. The third kappa shape index (κ3) is 1.36. The predicted octanol–water partition coefficient (Wildman–Crippen LogP) is 1.67. The van der Waals surface area contributed by atoms with Crippen molar-refractivity contribution in [1.82, 2.24) is 5.06 Å². The molecular formula is C8H8ClN3O2. The van der Waals surface area contributed by atoms with Gasteiger partial charge in [-0.05, 0) is 12.1 Å². The number of anilines is 1. The Morgan fingerprint density at radius 2 is 2.21 bits per heavy atom. The lowest BCUT2D eigenvalue weighted by molar-refractivity contribution is -0.0427. The first-order valence-corrected chi connectivity index (χ1v) is 4.27. The number of rotatable bonds is 0. The van der Waals surface area contributed by atoms with E-state index in [1.54, 1.807) is 12.1 Å². The van der Waals surface area contributed by atoms with Crippen LogP contribution in [-0.2, 0) is 6.54 Å². The van der Waals surface area contributed by atoms with Crippen LogP contribution in [0.5, 0.6) is 0 Å². The molecule has 0 radical (unpaired) electrons. The van der Waals surface area contributed by atoms with Crippen molar-refractivity contribution >= 4 is 29.0 Å². The van der Waals surface area contributed by atoms with Crippen LogP contribution in [0.25, 0.3) is 0 Å². The van der Waals surface area contributed by atoms with E-state index >= 15 is 0 Å². The average molecular weight is 214 g/mol. The smallest absolute Gasteiger partial charge is 0.314 e. The fourth-order valence-electron chi connectivity index (χ4n) is 1.30. The van der Waals surface area contributed by atoms with Crippen molar-refractivity contribution in [2.24, 2.45) is 4.99 Å². The van der Waals surface area contributed by atoms with Crippen LogP contribution in [-0.4, -0.2) is 21.4 Å². The van der Waals surface area contributed by atoms with E-state index in [1.165, 1.54) is 0 Å². The van der Waals surface area contributed by atoms with Gasteiger partial charge >= 0.3 is 6.02 Å². The van der Waals surface area contributed by atoms with Crippen LogP contribution in [0.15, 0.2) is 17.1 Å². The molecule has 0 saturated carbocycles. The van der Waals surface area contributed by atoms with Crippen molar-refractivity contribution < 1.29 is 10.3 Å². The largest absolute Gasteiger partial charge is 0.479 e. The van der Waals surface area contributed by atoms with Gasteiger partial charge in [0.05, 0.1) is 12.2 Å². The maximum Gasteiger partial charge on any atom is 0.314 e. The average Bonchev–Trinajstić information content (AvgIpc) is 2.08. The minimum Gasteiger partial charge on any atom is -0.479 e. The van der Waals surface area contributed by atoms with Gasteiger partial charge in [-0.25, -0.2) is 5.06 Å². The summed E-state index contributed by atoms with van der Waals surface area (Å²) in [4.78, 5) is 3.73. The fraction of sp³-hybridized carbons (Fsp3) is 0.125. The van der Waals surface area contributed by atoms with E-state index in [-0.39, 0.29) is 6.54 Å². The van der Waals surface area contributed by atoms with Crippen molar-refractivity contribution in [2.75, 3.05) is 5.73 Å². The van der Waals surface area contributed by atoms with E-state index in [2.05, 4.69) is 4.99 Å². The second-order valence-corrected chi connectivity index (χ2v) is 3.40. The van der Waals surface area contributed by atoms with Gasteiger partial charge in [-0.15, -0.1) is 0 Å². The lowest BCUT2D eigenvalue weighted by Crippen LogP contribution is -2.29. The topological polar surface area (TPSA) is 82.1 Å². The molecule has 1 aliphatic rings. The normalized spacial score (nSPS) is 15.0. The number of aliphatic hydroxyl groups excluding tert-OH is 1. The summed E-state index contributed by atoms with van der Waals surface area (Å²) in [5.74, 6) is 0. The quantitative estimate of drug-likeness (QED) is 0.573. The Morgan fingerprint density at radius 1 is 1.50 bits per heavy atom. The highest BCUT2D eigenvalue weighted by Gasteiger charge is 2.19. The predicted molar refractivity (Wildman–Crippen MR) is 52.9 cm³/mol. The molecule has 0 unspecified atom stereocenters. The zero-order valence-corrected chi connectivity index (χ0v) is 7.86. The number of halogens is 1. The molecule has 0 spiro atoms. The second-order valence-electron chi connectivity index (χ2n) is 2.96. The third-order valence-electron chi connectivity index (χ3n) is 1.98. The molecule has 0 atom stereocenters. The molecule has 1 heterocycles. The number of nitrogen functional groups attached to an aromatic ring is 1. The van der Waals surface area contributed by atoms with Gasteiger partial charge in [-0.1, -0.05) is 11.6 Å². The van der Waals surface area contributed by atoms with Gasteiger partial charge in [0.15, 0.2) is 0 Å². The standard InChI is InChI=1S/C8H8ClN3O2/c9-4-1-6(10)5-3-12(14)8(13)11-7(5)2-4/h1-2,14H,3,10H2,(H,11,13). The first-order chi connectivity index (χ1) is 6.58.